The van der Waals surface area contributed by atoms with Gasteiger partial charge in [-0.3, -0.25) is 10.1 Å². The highest BCUT2D eigenvalue weighted by molar-refractivity contribution is 9.10. The Kier molecular flexibility index (Phi) is 5.40. The highest BCUT2D eigenvalue weighted by Crippen LogP contribution is 2.32. The van der Waals surface area contributed by atoms with E-state index in [1.54, 1.807) is 12.1 Å². The fourth-order valence-corrected chi connectivity index (χ4v) is 3.37. The van der Waals surface area contributed by atoms with E-state index in [0.29, 0.717) is 10.5 Å². The Morgan fingerprint density at radius 2 is 2.05 bits per heavy atom. The minimum atomic E-state index is -0.354. The summed E-state index contributed by atoms with van der Waals surface area (Å²) in [5.41, 5.74) is 0.966. The van der Waals surface area contributed by atoms with Gasteiger partial charge in [0.15, 0.2) is 0 Å². The third-order valence-electron chi connectivity index (χ3n) is 4.06. The van der Waals surface area contributed by atoms with Crippen LogP contribution in [0.15, 0.2) is 22.7 Å². The number of nitro benzene ring substituents is 1. The second kappa shape index (κ2) is 7.07. The fourth-order valence-electron chi connectivity index (χ4n) is 2.98. The monoisotopic (exact) mass is 340 g/mol. The smallest absolute Gasteiger partial charge is 0.285 e. The molecule has 1 aliphatic rings. The van der Waals surface area contributed by atoms with Crippen molar-refractivity contribution in [1.29, 1.82) is 0 Å². The van der Waals surface area contributed by atoms with Crippen molar-refractivity contribution >= 4 is 27.3 Å². The van der Waals surface area contributed by atoms with Crippen molar-refractivity contribution in [3.8, 4) is 0 Å². The fraction of sp³-hybridized carbons (Fsp3) is 0.600. The van der Waals surface area contributed by atoms with Gasteiger partial charge >= 0.3 is 0 Å². The van der Waals surface area contributed by atoms with E-state index < -0.39 is 0 Å². The number of benzene rings is 1. The van der Waals surface area contributed by atoms with Gasteiger partial charge in [-0.05, 0) is 59.7 Å². The molecule has 0 amide bonds. The van der Waals surface area contributed by atoms with Crippen LogP contribution < -0.4 is 5.32 Å². The van der Waals surface area contributed by atoms with Crippen LogP contribution in [0.5, 0.6) is 0 Å². The van der Waals surface area contributed by atoms with Crippen molar-refractivity contribution < 1.29 is 4.92 Å². The lowest BCUT2D eigenvalue weighted by atomic mass is 9.83. The first-order chi connectivity index (χ1) is 9.60. The molecule has 0 aromatic heterocycles. The molecule has 1 N–H and O–H groups in total. The molecule has 4 nitrogen and oxygen atoms in total. The van der Waals surface area contributed by atoms with Gasteiger partial charge in [-0.2, -0.15) is 0 Å². The summed E-state index contributed by atoms with van der Waals surface area (Å²) in [7, 11) is 0. The Labute approximate surface area is 128 Å². The van der Waals surface area contributed by atoms with Crippen molar-refractivity contribution in [1.82, 2.24) is 0 Å². The molecular formula is C15H21BrN2O2. The van der Waals surface area contributed by atoms with E-state index in [1.807, 2.05) is 6.07 Å². The summed E-state index contributed by atoms with van der Waals surface area (Å²) in [6.07, 6.45) is 7.45. The SMILES string of the molecule is CCCC1CCC(Nc2ccc(Br)c([N+](=O)[O-])c2)CC1. The second-order valence-electron chi connectivity index (χ2n) is 5.57. The zero-order valence-corrected chi connectivity index (χ0v) is 13.4. The van der Waals surface area contributed by atoms with E-state index in [1.165, 1.54) is 25.7 Å². The van der Waals surface area contributed by atoms with E-state index in [2.05, 4.69) is 28.2 Å². The Hall–Kier alpha value is -1.10. The van der Waals surface area contributed by atoms with Crippen LogP contribution in [0.4, 0.5) is 11.4 Å². The molecule has 0 spiro atoms. The maximum atomic E-state index is 10.9. The molecular weight excluding hydrogens is 320 g/mol. The Bertz CT molecular complexity index is 471. The molecule has 0 heterocycles. The van der Waals surface area contributed by atoms with E-state index in [9.17, 15) is 10.1 Å². The molecule has 0 unspecified atom stereocenters. The molecule has 0 saturated heterocycles. The molecule has 0 atom stereocenters. The van der Waals surface area contributed by atoms with Gasteiger partial charge in [0.25, 0.3) is 5.69 Å². The topological polar surface area (TPSA) is 55.2 Å². The van der Waals surface area contributed by atoms with Crippen LogP contribution in [0.1, 0.15) is 45.4 Å². The van der Waals surface area contributed by atoms with Crippen LogP contribution >= 0.6 is 15.9 Å². The van der Waals surface area contributed by atoms with Crippen molar-refractivity contribution in [2.45, 2.75) is 51.5 Å². The second-order valence-corrected chi connectivity index (χ2v) is 6.43. The number of nitrogens with one attached hydrogen (secondary N) is 1. The maximum Gasteiger partial charge on any atom is 0.285 e. The molecule has 1 aromatic rings. The first-order valence-corrected chi connectivity index (χ1v) is 8.10. The van der Waals surface area contributed by atoms with Gasteiger partial charge in [-0.1, -0.05) is 19.8 Å². The summed E-state index contributed by atoms with van der Waals surface area (Å²) >= 11 is 3.21. The van der Waals surface area contributed by atoms with E-state index in [0.717, 1.165) is 24.4 Å². The molecule has 0 bridgehead atoms. The predicted molar refractivity (Wildman–Crippen MR) is 85.1 cm³/mol. The number of nitro groups is 1. The zero-order valence-electron chi connectivity index (χ0n) is 11.8. The van der Waals surface area contributed by atoms with Crippen molar-refractivity contribution in [2.24, 2.45) is 5.92 Å². The molecule has 110 valence electrons. The molecule has 1 aromatic carbocycles. The molecule has 0 radical (unpaired) electrons. The van der Waals surface area contributed by atoms with Crippen LogP contribution in [0.2, 0.25) is 0 Å². The summed E-state index contributed by atoms with van der Waals surface area (Å²) in [6, 6.07) is 5.70. The van der Waals surface area contributed by atoms with Crippen LogP contribution in [0.25, 0.3) is 0 Å². The molecule has 20 heavy (non-hydrogen) atoms. The third kappa shape index (κ3) is 3.95. The molecule has 1 aliphatic carbocycles. The average molecular weight is 341 g/mol. The van der Waals surface area contributed by atoms with Crippen molar-refractivity contribution in [3.63, 3.8) is 0 Å². The molecule has 1 saturated carbocycles. The van der Waals surface area contributed by atoms with Gasteiger partial charge in [0.05, 0.1) is 9.40 Å². The lowest BCUT2D eigenvalue weighted by Gasteiger charge is -2.29. The minimum Gasteiger partial charge on any atom is -0.382 e. The van der Waals surface area contributed by atoms with Crippen molar-refractivity contribution in [3.05, 3.63) is 32.8 Å². The summed E-state index contributed by atoms with van der Waals surface area (Å²) < 4.78 is 0.528. The summed E-state index contributed by atoms with van der Waals surface area (Å²) in [4.78, 5) is 10.6. The highest BCUT2D eigenvalue weighted by atomic mass is 79.9. The normalized spacial score (nSPS) is 22.5. The Morgan fingerprint density at radius 1 is 1.35 bits per heavy atom. The lowest BCUT2D eigenvalue weighted by Crippen LogP contribution is -2.26. The van der Waals surface area contributed by atoms with Crippen LogP contribution in [-0.2, 0) is 0 Å². The minimum absolute atomic E-state index is 0.120. The van der Waals surface area contributed by atoms with Gasteiger partial charge in [0.1, 0.15) is 0 Å². The Balaban J connectivity index is 1.94. The predicted octanol–water partition coefficient (Wildman–Crippen LogP) is 5.13. The van der Waals surface area contributed by atoms with E-state index in [4.69, 9.17) is 0 Å². The Morgan fingerprint density at radius 3 is 2.65 bits per heavy atom. The van der Waals surface area contributed by atoms with E-state index in [-0.39, 0.29) is 10.6 Å². The third-order valence-corrected chi connectivity index (χ3v) is 4.73. The van der Waals surface area contributed by atoms with Gasteiger partial charge in [0, 0.05) is 17.8 Å². The highest BCUT2D eigenvalue weighted by Gasteiger charge is 2.21. The molecule has 0 aliphatic heterocycles. The molecule has 5 heteroatoms. The average Bonchev–Trinajstić information content (AvgIpc) is 2.43. The van der Waals surface area contributed by atoms with Crippen LogP contribution in [0, 0.1) is 16.0 Å². The maximum absolute atomic E-state index is 10.9. The number of anilines is 1. The molecule has 2 rings (SSSR count). The van der Waals surface area contributed by atoms with Gasteiger partial charge in [-0.25, -0.2) is 0 Å². The van der Waals surface area contributed by atoms with Crippen LogP contribution in [-0.4, -0.2) is 11.0 Å². The summed E-state index contributed by atoms with van der Waals surface area (Å²) in [5, 5.41) is 14.4. The largest absolute Gasteiger partial charge is 0.382 e. The quantitative estimate of drug-likeness (QED) is 0.597. The number of nitrogens with zero attached hydrogens (tertiary/aromatic N) is 1. The number of hydrogen-bond acceptors (Lipinski definition) is 3. The van der Waals surface area contributed by atoms with Gasteiger partial charge in [-0.15, -0.1) is 0 Å². The number of hydrogen-bond donors (Lipinski definition) is 1. The number of halogens is 1. The van der Waals surface area contributed by atoms with Gasteiger partial charge in [0.2, 0.25) is 0 Å². The summed E-state index contributed by atoms with van der Waals surface area (Å²) in [6.45, 7) is 2.24. The summed E-state index contributed by atoms with van der Waals surface area (Å²) in [5.74, 6) is 0.873. The first kappa shape index (κ1) is 15.3. The van der Waals surface area contributed by atoms with E-state index >= 15 is 0 Å². The van der Waals surface area contributed by atoms with Gasteiger partial charge < -0.3 is 5.32 Å². The van der Waals surface area contributed by atoms with Crippen molar-refractivity contribution in [2.75, 3.05) is 5.32 Å². The first-order valence-electron chi connectivity index (χ1n) is 7.30. The van der Waals surface area contributed by atoms with Crippen LogP contribution in [0.3, 0.4) is 0 Å². The lowest BCUT2D eigenvalue weighted by molar-refractivity contribution is -0.385. The standard InChI is InChI=1S/C15H21BrN2O2/c1-2-3-11-4-6-12(7-5-11)17-13-8-9-14(16)15(10-13)18(19)20/h8-12,17H,2-7H2,1H3. The zero-order chi connectivity index (χ0) is 14.5. The number of rotatable bonds is 5. The molecule has 1 fully saturated rings.